The number of likely N-dealkylation sites (tertiary alicyclic amines) is 1. The van der Waals surface area contributed by atoms with Crippen molar-refractivity contribution in [2.24, 2.45) is 5.92 Å². The van der Waals surface area contributed by atoms with E-state index in [2.05, 4.69) is 29.6 Å². The molecule has 1 aliphatic rings. The minimum atomic E-state index is 0.0402. The Hall–Kier alpha value is -2.36. The molecule has 0 radical (unpaired) electrons. The lowest BCUT2D eigenvalue weighted by Crippen LogP contribution is -2.34. The zero-order valence-corrected chi connectivity index (χ0v) is 14.8. The predicted molar refractivity (Wildman–Crippen MR) is 100 cm³/mol. The summed E-state index contributed by atoms with van der Waals surface area (Å²) in [6.07, 6.45) is 2.95. The smallest absolute Gasteiger partial charge is 0.226 e. The molecule has 1 fully saturated rings. The summed E-state index contributed by atoms with van der Waals surface area (Å²) in [6, 6.07) is 14.4. The van der Waals surface area contributed by atoms with Gasteiger partial charge in [-0.3, -0.25) is 9.59 Å². The number of fused-ring (bicyclic) bond motifs is 1. The van der Waals surface area contributed by atoms with Crippen molar-refractivity contribution >= 4 is 22.6 Å². The molecule has 0 aromatic heterocycles. The highest BCUT2D eigenvalue weighted by Crippen LogP contribution is 2.20. The minimum Gasteiger partial charge on any atom is -0.356 e. The summed E-state index contributed by atoms with van der Waals surface area (Å²) < 4.78 is 0. The molecular formula is C21H26N2O2. The number of nitrogens with one attached hydrogen (secondary N) is 1. The van der Waals surface area contributed by atoms with Crippen LogP contribution in [-0.2, 0) is 16.0 Å². The lowest BCUT2D eigenvalue weighted by Gasteiger charge is -2.21. The fourth-order valence-electron chi connectivity index (χ4n) is 3.56. The Labute approximate surface area is 149 Å². The van der Waals surface area contributed by atoms with Gasteiger partial charge < -0.3 is 10.2 Å². The molecule has 0 bridgehead atoms. The fourth-order valence-corrected chi connectivity index (χ4v) is 3.56. The minimum absolute atomic E-state index is 0.0402. The molecule has 1 aliphatic heterocycles. The van der Waals surface area contributed by atoms with E-state index in [4.69, 9.17) is 0 Å². The van der Waals surface area contributed by atoms with Crippen molar-refractivity contribution < 1.29 is 9.59 Å². The van der Waals surface area contributed by atoms with Crippen LogP contribution in [0.4, 0.5) is 0 Å². The summed E-state index contributed by atoms with van der Waals surface area (Å²) in [7, 11) is 0. The predicted octanol–water partition coefficient (Wildman–Crippen LogP) is 3.15. The molecular weight excluding hydrogens is 312 g/mol. The molecule has 0 spiro atoms. The van der Waals surface area contributed by atoms with Crippen molar-refractivity contribution in [2.75, 3.05) is 19.6 Å². The molecule has 0 saturated carbocycles. The Kier molecular flexibility index (Phi) is 5.69. The summed E-state index contributed by atoms with van der Waals surface area (Å²) in [6.45, 7) is 4.03. The quantitative estimate of drug-likeness (QED) is 0.931. The highest BCUT2D eigenvalue weighted by Gasteiger charge is 2.24. The molecule has 2 aromatic rings. The zero-order valence-electron chi connectivity index (χ0n) is 14.8. The number of carbonyl (C=O) groups is 2. The fraction of sp³-hybridized carbons (Fsp3) is 0.429. The molecule has 2 amide bonds. The first kappa shape index (κ1) is 17.5. The summed E-state index contributed by atoms with van der Waals surface area (Å²) >= 11 is 0. The molecule has 1 atom stereocenters. The van der Waals surface area contributed by atoms with E-state index in [-0.39, 0.29) is 17.7 Å². The lowest BCUT2D eigenvalue weighted by molar-refractivity contribution is -0.131. The number of rotatable bonds is 4. The third kappa shape index (κ3) is 4.38. The topological polar surface area (TPSA) is 49.4 Å². The Morgan fingerprint density at radius 3 is 2.68 bits per heavy atom. The van der Waals surface area contributed by atoms with Crippen molar-refractivity contribution in [3.8, 4) is 0 Å². The van der Waals surface area contributed by atoms with Crippen LogP contribution in [0.1, 0.15) is 31.7 Å². The van der Waals surface area contributed by atoms with Gasteiger partial charge >= 0.3 is 0 Å². The first-order valence-corrected chi connectivity index (χ1v) is 9.20. The number of hydrogen-bond acceptors (Lipinski definition) is 2. The Balaban J connectivity index is 1.61. The third-order valence-electron chi connectivity index (χ3n) is 4.97. The van der Waals surface area contributed by atoms with Crippen molar-refractivity contribution in [1.82, 2.24) is 10.2 Å². The van der Waals surface area contributed by atoms with E-state index in [1.54, 1.807) is 0 Å². The molecule has 1 N–H and O–H groups in total. The SMILES string of the molecule is CCNC(=O)C1CCCN(C(=O)Cc2ccc3ccccc3c2)CC1. The summed E-state index contributed by atoms with van der Waals surface area (Å²) in [5.41, 5.74) is 1.05. The number of amides is 2. The van der Waals surface area contributed by atoms with Crippen molar-refractivity contribution in [3.05, 3.63) is 48.0 Å². The van der Waals surface area contributed by atoms with Gasteiger partial charge in [-0.1, -0.05) is 42.5 Å². The van der Waals surface area contributed by atoms with Crippen LogP contribution in [0.25, 0.3) is 10.8 Å². The van der Waals surface area contributed by atoms with Gasteiger partial charge in [-0.25, -0.2) is 0 Å². The third-order valence-corrected chi connectivity index (χ3v) is 4.97. The summed E-state index contributed by atoms with van der Waals surface area (Å²) in [4.78, 5) is 26.6. The largest absolute Gasteiger partial charge is 0.356 e. The average Bonchev–Trinajstić information content (AvgIpc) is 2.88. The van der Waals surface area contributed by atoms with E-state index >= 15 is 0 Å². The maximum atomic E-state index is 12.7. The molecule has 2 aromatic carbocycles. The molecule has 4 heteroatoms. The van der Waals surface area contributed by atoms with Crippen LogP contribution < -0.4 is 5.32 Å². The highest BCUT2D eigenvalue weighted by molar-refractivity contribution is 5.85. The van der Waals surface area contributed by atoms with Crippen LogP contribution in [0, 0.1) is 5.92 Å². The molecule has 1 heterocycles. The lowest BCUT2D eigenvalue weighted by atomic mass is 10.00. The van der Waals surface area contributed by atoms with Crippen molar-refractivity contribution in [2.45, 2.75) is 32.6 Å². The first-order chi connectivity index (χ1) is 12.2. The number of carbonyl (C=O) groups excluding carboxylic acids is 2. The average molecular weight is 338 g/mol. The molecule has 1 unspecified atom stereocenters. The standard InChI is InChI=1S/C21H26N2O2/c1-2-22-21(25)18-8-5-12-23(13-11-18)20(24)15-16-9-10-17-6-3-4-7-19(17)14-16/h3-4,6-7,9-10,14,18H,2,5,8,11-13,15H2,1H3,(H,22,25). The van der Waals surface area contributed by atoms with Gasteiger partial charge in [-0.15, -0.1) is 0 Å². The summed E-state index contributed by atoms with van der Waals surface area (Å²) in [5.74, 6) is 0.330. The van der Waals surface area contributed by atoms with Gasteiger partial charge in [0, 0.05) is 25.6 Å². The second-order valence-corrected chi connectivity index (χ2v) is 6.76. The van der Waals surface area contributed by atoms with E-state index < -0.39 is 0 Å². The van der Waals surface area contributed by atoms with Gasteiger partial charge in [0.2, 0.25) is 11.8 Å². The maximum absolute atomic E-state index is 12.7. The number of hydrogen-bond donors (Lipinski definition) is 1. The number of nitrogens with zero attached hydrogens (tertiary/aromatic N) is 1. The van der Waals surface area contributed by atoms with E-state index in [0.717, 1.165) is 31.4 Å². The van der Waals surface area contributed by atoms with Crippen LogP contribution >= 0.6 is 0 Å². The highest BCUT2D eigenvalue weighted by atomic mass is 16.2. The Morgan fingerprint density at radius 2 is 1.88 bits per heavy atom. The van der Waals surface area contributed by atoms with Crippen LogP contribution in [0.2, 0.25) is 0 Å². The second kappa shape index (κ2) is 8.15. The molecule has 0 aliphatic carbocycles. The Morgan fingerprint density at radius 1 is 1.08 bits per heavy atom. The second-order valence-electron chi connectivity index (χ2n) is 6.76. The zero-order chi connectivity index (χ0) is 17.6. The number of benzene rings is 2. The molecule has 25 heavy (non-hydrogen) atoms. The van der Waals surface area contributed by atoms with Gasteiger partial charge in [0.1, 0.15) is 0 Å². The van der Waals surface area contributed by atoms with Crippen LogP contribution in [-0.4, -0.2) is 36.3 Å². The van der Waals surface area contributed by atoms with Crippen LogP contribution in [0.5, 0.6) is 0 Å². The van der Waals surface area contributed by atoms with Crippen LogP contribution in [0.3, 0.4) is 0 Å². The van der Waals surface area contributed by atoms with E-state index in [1.807, 2.05) is 30.0 Å². The normalized spacial score (nSPS) is 18.0. The van der Waals surface area contributed by atoms with E-state index in [0.29, 0.717) is 19.5 Å². The van der Waals surface area contributed by atoms with Gasteiger partial charge in [0.25, 0.3) is 0 Å². The van der Waals surface area contributed by atoms with Gasteiger partial charge in [-0.05, 0) is 42.5 Å². The van der Waals surface area contributed by atoms with Gasteiger partial charge in [-0.2, -0.15) is 0 Å². The van der Waals surface area contributed by atoms with Crippen LogP contribution in [0.15, 0.2) is 42.5 Å². The molecule has 4 nitrogen and oxygen atoms in total. The first-order valence-electron chi connectivity index (χ1n) is 9.20. The molecule has 3 rings (SSSR count). The Bertz CT molecular complexity index is 756. The van der Waals surface area contributed by atoms with Gasteiger partial charge in [0.05, 0.1) is 6.42 Å². The van der Waals surface area contributed by atoms with Crippen molar-refractivity contribution in [3.63, 3.8) is 0 Å². The molecule has 1 saturated heterocycles. The van der Waals surface area contributed by atoms with Gasteiger partial charge in [0.15, 0.2) is 0 Å². The van der Waals surface area contributed by atoms with E-state index in [1.165, 1.54) is 10.8 Å². The molecule has 132 valence electrons. The monoisotopic (exact) mass is 338 g/mol. The summed E-state index contributed by atoms with van der Waals surface area (Å²) in [5, 5.41) is 5.26. The maximum Gasteiger partial charge on any atom is 0.226 e. The van der Waals surface area contributed by atoms with E-state index in [9.17, 15) is 9.59 Å². The van der Waals surface area contributed by atoms with Crippen molar-refractivity contribution in [1.29, 1.82) is 0 Å².